The molecule has 2 heterocycles. The first-order valence-electron chi connectivity index (χ1n) is 5.41. The summed E-state index contributed by atoms with van der Waals surface area (Å²) in [6.07, 6.45) is 2.25. The Hall–Kier alpha value is -0.0800. The summed E-state index contributed by atoms with van der Waals surface area (Å²) in [5, 5.41) is 11.0. The van der Waals surface area contributed by atoms with Gasteiger partial charge in [-0.3, -0.25) is 0 Å². The molecule has 1 aliphatic heterocycles. The molecule has 4 nitrogen and oxygen atoms in total. The van der Waals surface area contributed by atoms with Crippen LogP contribution in [0.4, 0.5) is 0 Å². The van der Waals surface area contributed by atoms with Crippen LogP contribution in [0.15, 0.2) is 15.7 Å². The van der Waals surface area contributed by atoms with E-state index in [0.717, 1.165) is 23.5 Å². The Morgan fingerprint density at radius 3 is 2.94 bits per heavy atom. The molecule has 1 aromatic heterocycles. The van der Waals surface area contributed by atoms with Gasteiger partial charge in [0, 0.05) is 11.8 Å². The van der Waals surface area contributed by atoms with Gasteiger partial charge in [-0.25, -0.2) is 13.1 Å². The number of thioether (sulfide) groups is 1. The van der Waals surface area contributed by atoms with Crippen molar-refractivity contribution in [3.05, 3.63) is 17.0 Å². The SMILES string of the molecule is O=S(=O)(NCC1CCCS1)c1cc(CO)cs1. The maximum absolute atomic E-state index is 11.9. The van der Waals surface area contributed by atoms with Gasteiger partial charge in [-0.1, -0.05) is 0 Å². The monoisotopic (exact) mass is 293 g/mol. The number of aliphatic hydroxyl groups is 1. The molecule has 1 unspecified atom stereocenters. The van der Waals surface area contributed by atoms with E-state index in [9.17, 15) is 8.42 Å². The first kappa shape index (κ1) is 13.4. The lowest BCUT2D eigenvalue weighted by Crippen LogP contribution is -2.29. The predicted octanol–water partition coefficient (Wildman–Crippen LogP) is 1.41. The molecule has 0 amide bonds. The summed E-state index contributed by atoms with van der Waals surface area (Å²) in [6.45, 7) is 0.379. The molecule has 0 radical (unpaired) electrons. The second-order valence-electron chi connectivity index (χ2n) is 3.92. The van der Waals surface area contributed by atoms with E-state index >= 15 is 0 Å². The van der Waals surface area contributed by atoms with Gasteiger partial charge in [0.15, 0.2) is 0 Å². The van der Waals surface area contributed by atoms with Gasteiger partial charge in [0.2, 0.25) is 10.0 Å². The number of nitrogens with one attached hydrogen (secondary N) is 1. The fourth-order valence-corrected chi connectivity index (χ4v) is 5.29. The minimum atomic E-state index is -3.39. The van der Waals surface area contributed by atoms with Crippen LogP contribution in [0, 0.1) is 0 Å². The Morgan fingerprint density at radius 1 is 1.53 bits per heavy atom. The zero-order valence-corrected chi connectivity index (χ0v) is 11.7. The highest BCUT2D eigenvalue weighted by Gasteiger charge is 2.21. The average Bonchev–Trinajstić information content (AvgIpc) is 2.98. The van der Waals surface area contributed by atoms with Gasteiger partial charge in [0.1, 0.15) is 4.21 Å². The molecular weight excluding hydrogens is 278 g/mol. The Bertz CT molecular complexity index is 463. The van der Waals surface area contributed by atoms with Crippen molar-refractivity contribution in [3.63, 3.8) is 0 Å². The highest BCUT2D eigenvalue weighted by Crippen LogP contribution is 2.26. The molecule has 1 fully saturated rings. The van der Waals surface area contributed by atoms with E-state index in [1.165, 1.54) is 12.5 Å². The number of hydrogen-bond acceptors (Lipinski definition) is 5. The molecule has 2 N–H and O–H groups in total. The van der Waals surface area contributed by atoms with Gasteiger partial charge in [0.05, 0.1) is 6.61 Å². The largest absolute Gasteiger partial charge is 0.392 e. The fourth-order valence-electron chi connectivity index (χ4n) is 1.66. The van der Waals surface area contributed by atoms with E-state index < -0.39 is 10.0 Å². The Balaban J connectivity index is 1.97. The molecule has 96 valence electrons. The first-order chi connectivity index (χ1) is 8.12. The van der Waals surface area contributed by atoms with Crippen LogP contribution in [0.2, 0.25) is 0 Å². The van der Waals surface area contributed by atoms with Crippen molar-refractivity contribution in [2.24, 2.45) is 0 Å². The number of sulfonamides is 1. The number of thiophene rings is 1. The van der Waals surface area contributed by atoms with Gasteiger partial charge < -0.3 is 5.11 Å². The molecule has 0 aromatic carbocycles. The number of hydrogen-bond donors (Lipinski definition) is 2. The third kappa shape index (κ3) is 3.45. The summed E-state index contributed by atoms with van der Waals surface area (Å²) >= 11 is 2.97. The second kappa shape index (κ2) is 5.71. The first-order valence-corrected chi connectivity index (χ1v) is 8.82. The maximum Gasteiger partial charge on any atom is 0.250 e. The zero-order chi connectivity index (χ0) is 12.3. The van der Waals surface area contributed by atoms with Crippen LogP contribution in [0.25, 0.3) is 0 Å². The normalized spacial score (nSPS) is 20.9. The second-order valence-corrected chi connectivity index (χ2v) is 8.23. The van der Waals surface area contributed by atoms with Crippen LogP contribution < -0.4 is 4.72 Å². The summed E-state index contributed by atoms with van der Waals surface area (Å²) in [5.41, 5.74) is 0.644. The van der Waals surface area contributed by atoms with Gasteiger partial charge in [-0.15, -0.1) is 11.3 Å². The van der Waals surface area contributed by atoms with Gasteiger partial charge >= 0.3 is 0 Å². The molecule has 1 aromatic rings. The average molecular weight is 293 g/mol. The van der Waals surface area contributed by atoms with Gasteiger partial charge in [0.25, 0.3) is 0 Å². The van der Waals surface area contributed by atoms with E-state index in [2.05, 4.69) is 4.72 Å². The molecule has 7 heteroatoms. The van der Waals surface area contributed by atoms with E-state index in [-0.39, 0.29) is 10.8 Å². The predicted molar refractivity (Wildman–Crippen MR) is 70.9 cm³/mol. The molecular formula is C10H15NO3S3. The van der Waals surface area contributed by atoms with Crippen molar-refractivity contribution in [1.82, 2.24) is 4.72 Å². The van der Waals surface area contributed by atoms with Crippen LogP contribution in [-0.2, 0) is 16.6 Å². The lowest BCUT2D eigenvalue weighted by molar-refractivity contribution is 0.282. The minimum absolute atomic E-state index is 0.121. The summed E-state index contributed by atoms with van der Waals surface area (Å²) in [5.74, 6) is 1.13. The molecule has 0 spiro atoms. The summed E-state index contributed by atoms with van der Waals surface area (Å²) in [7, 11) is -3.39. The highest BCUT2D eigenvalue weighted by molar-refractivity contribution is 8.00. The lowest BCUT2D eigenvalue weighted by atomic mass is 10.2. The summed E-state index contributed by atoms with van der Waals surface area (Å²) < 4.78 is 26.8. The van der Waals surface area contributed by atoms with Gasteiger partial charge in [-0.05, 0) is 35.6 Å². The number of rotatable bonds is 5. The molecule has 0 aliphatic carbocycles. The minimum Gasteiger partial charge on any atom is -0.392 e. The van der Waals surface area contributed by atoms with E-state index in [1.54, 1.807) is 5.38 Å². The molecule has 2 rings (SSSR count). The Kier molecular flexibility index (Phi) is 4.48. The van der Waals surface area contributed by atoms with Crippen molar-refractivity contribution in [2.75, 3.05) is 12.3 Å². The number of aliphatic hydroxyl groups excluding tert-OH is 1. The van der Waals surface area contributed by atoms with E-state index in [4.69, 9.17) is 5.11 Å². The summed E-state index contributed by atoms with van der Waals surface area (Å²) in [6, 6.07) is 1.52. The molecule has 0 saturated carbocycles. The van der Waals surface area contributed by atoms with Crippen LogP contribution in [0.5, 0.6) is 0 Å². The Labute approximate surface area is 109 Å². The van der Waals surface area contributed by atoms with Crippen LogP contribution in [0.3, 0.4) is 0 Å². The molecule has 0 bridgehead atoms. The quantitative estimate of drug-likeness (QED) is 0.861. The standard InChI is InChI=1S/C10H15NO3S3/c12-6-8-4-10(16-7-8)17(13,14)11-5-9-2-1-3-15-9/h4,7,9,11-12H,1-3,5-6H2. The van der Waals surface area contributed by atoms with E-state index in [0.29, 0.717) is 17.4 Å². The third-order valence-electron chi connectivity index (χ3n) is 2.60. The van der Waals surface area contributed by atoms with Crippen LogP contribution in [-0.4, -0.2) is 31.1 Å². The summed E-state index contributed by atoms with van der Waals surface area (Å²) in [4.78, 5) is 0. The fraction of sp³-hybridized carbons (Fsp3) is 0.600. The molecule has 1 aliphatic rings. The van der Waals surface area contributed by atoms with Crippen LogP contribution >= 0.6 is 23.1 Å². The Morgan fingerprint density at radius 2 is 2.35 bits per heavy atom. The smallest absolute Gasteiger partial charge is 0.250 e. The lowest BCUT2D eigenvalue weighted by Gasteiger charge is -2.09. The highest BCUT2D eigenvalue weighted by atomic mass is 32.2. The van der Waals surface area contributed by atoms with Crippen molar-refractivity contribution in [3.8, 4) is 0 Å². The van der Waals surface area contributed by atoms with Crippen molar-refractivity contribution in [2.45, 2.75) is 28.9 Å². The molecule has 1 saturated heterocycles. The topological polar surface area (TPSA) is 66.4 Å². The third-order valence-corrected chi connectivity index (χ3v) is 6.91. The molecule has 17 heavy (non-hydrogen) atoms. The molecule has 1 atom stereocenters. The maximum atomic E-state index is 11.9. The zero-order valence-electron chi connectivity index (χ0n) is 9.26. The van der Waals surface area contributed by atoms with Crippen molar-refractivity contribution in [1.29, 1.82) is 0 Å². The van der Waals surface area contributed by atoms with E-state index in [1.807, 2.05) is 11.8 Å². The van der Waals surface area contributed by atoms with Gasteiger partial charge in [-0.2, -0.15) is 11.8 Å². The van der Waals surface area contributed by atoms with Crippen molar-refractivity contribution < 1.29 is 13.5 Å². The van der Waals surface area contributed by atoms with Crippen LogP contribution in [0.1, 0.15) is 18.4 Å². The van der Waals surface area contributed by atoms with Crippen molar-refractivity contribution >= 4 is 33.1 Å².